The molecule has 0 saturated carbocycles. The highest BCUT2D eigenvalue weighted by Gasteiger charge is 2.36. The molecule has 0 atom stereocenters. The zero-order valence-electron chi connectivity index (χ0n) is 14.2. The first kappa shape index (κ1) is 19.3. The van der Waals surface area contributed by atoms with E-state index in [1.54, 1.807) is 6.92 Å². The lowest BCUT2D eigenvalue weighted by Gasteiger charge is -2.20. The Labute approximate surface area is 148 Å². The van der Waals surface area contributed by atoms with E-state index in [-0.39, 0.29) is 28.8 Å². The average molecular weight is 365 g/mol. The lowest BCUT2D eigenvalue weighted by molar-refractivity contribution is -0.137. The summed E-state index contributed by atoms with van der Waals surface area (Å²) in [6.45, 7) is 1.61. The van der Waals surface area contributed by atoms with Gasteiger partial charge in [-0.05, 0) is 29.8 Å². The number of hydrogen-bond acceptors (Lipinski definition) is 3. The summed E-state index contributed by atoms with van der Waals surface area (Å²) in [6, 6.07) is 7.90. The largest absolute Gasteiger partial charge is 0.497 e. The van der Waals surface area contributed by atoms with Gasteiger partial charge in [0.2, 0.25) is 5.91 Å². The van der Waals surface area contributed by atoms with Crippen LogP contribution in [-0.4, -0.2) is 18.9 Å². The summed E-state index contributed by atoms with van der Waals surface area (Å²) >= 11 is 0. The van der Waals surface area contributed by atoms with Crippen LogP contribution in [0.15, 0.2) is 36.4 Å². The van der Waals surface area contributed by atoms with Crippen LogP contribution >= 0.6 is 0 Å². The average Bonchev–Trinajstić information content (AvgIpc) is 2.60. The molecule has 0 aliphatic heterocycles. The third-order valence-electron chi connectivity index (χ3n) is 3.75. The Morgan fingerprint density at radius 3 is 2.27 bits per heavy atom. The molecule has 0 aliphatic carbocycles. The monoisotopic (exact) mass is 365 g/mol. The highest BCUT2D eigenvalue weighted by Crippen LogP contribution is 2.41. The second-order valence-corrected chi connectivity index (χ2v) is 5.45. The summed E-state index contributed by atoms with van der Waals surface area (Å²) in [4.78, 5) is 11.7. The van der Waals surface area contributed by atoms with Crippen molar-refractivity contribution in [2.75, 3.05) is 12.4 Å². The summed E-state index contributed by atoms with van der Waals surface area (Å²) in [6.07, 6.45) is -4.52. The molecule has 8 heteroatoms. The molecule has 0 bridgehead atoms. The molecule has 0 saturated heterocycles. The summed E-state index contributed by atoms with van der Waals surface area (Å²) < 4.78 is 45.7. The Morgan fingerprint density at radius 2 is 1.81 bits per heavy atom. The van der Waals surface area contributed by atoms with Crippen LogP contribution in [0.5, 0.6) is 5.75 Å². The van der Waals surface area contributed by atoms with E-state index >= 15 is 0 Å². The summed E-state index contributed by atoms with van der Waals surface area (Å²) in [7, 11) is 1.44. The fourth-order valence-electron chi connectivity index (χ4n) is 2.52. The Balaban J connectivity index is 2.79. The molecule has 2 rings (SSSR count). The van der Waals surface area contributed by atoms with Crippen LogP contribution in [0.4, 0.5) is 18.9 Å². The number of nitrogen functional groups attached to an aromatic ring is 1. The number of amidine groups is 1. The highest BCUT2D eigenvalue weighted by molar-refractivity contribution is 6.10. The number of anilines is 1. The molecule has 2 aromatic rings. The van der Waals surface area contributed by atoms with Crippen LogP contribution in [0, 0.1) is 5.41 Å². The Morgan fingerprint density at radius 1 is 1.19 bits per heavy atom. The summed E-state index contributed by atoms with van der Waals surface area (Å²) in [5, 5.41) is 10.3. The first-order chi connectivity index (χ1) is 12.2. The molecule has 0 aliphatic rings. The van der Waals surface area contributed by atoms with Crippen LogP contribution in [0.1, 0.15) is 24.5 Å². The van der Waals surface area contributed by atoms with E-state index in [4.69, 9.17) is 15.9 Å². The van der Waals surface area contributed by atoms with Crippen LogP contribution in [0.3, 0.4) is 0 Å². The van der Waals surface area contributed by atoms with E-state index in [0.717, 1.165) is 12.1 Å². The Hall–Kier alpha value is -3.03. The Bertz CT molecular complexity index is 831. The van der Waals surface area contributed by atoms with Gasteiger partial charge in [0.1, 0.15) is 11.6 Å². The van der Waals surface area contributed by atoms with Gasteiger partial charge in [-0.15, -0.1) is 0 Å². The van der Waals surface area contributed by atoms with E-state index in [2.05, 4.69) is 5.32 Å². The van der Waals surface area contributed by atoms with Crippen LogP contribution < -0.4 is 15.8 Å². The lowest BCUT2D eigenvalue weighted by atomic mass is 9.91. The number of halogens is 3. The summed E-state index contributed by atoms with van der Waals surface area (Å²) in [5.74, 6) is -0.497. The van der Waals surface area contributed by atoms with Crippen molar-refractivity contribution < 1.29 is 22.7 Å². The number of alkyl halides is 3. The molecular formula is C18H18F3N3O2. The molecule has 0 unspecified atom stereocenters. The number of nitrogens with two attached hydrogens (primary N) is 1. The number of ether oxygens (including phenoxy) is 1. The van der Waals surface area contributed by atoms with Crippen LogP contribution in [0.2, 0.25) is 0 Å². The molecule has 0 radical (unpaired) electrons. The van der Waals surface area contributed by atoms with E-state index in [9.17, 15) is 18.0 Å². The lowest BCUT2D eigenvalue weighted by Crippen LogP contribution is -2.21. The standard InChI is InChI=1S/C18H18F3N3O2/c1-3-14(25)24-13-9-8-12(18(19,20)21)15(16(13)17(22)23)10-4-6-11(26-2)7-5-10/h4-9H,3H2,1-2H3,(H3,22,23)(H,24,25). The fraction of sp³-hybridized carbons (Fsp3) is 0.222. The van der Waals surface area contributed by atoms with Gasteiger partial charge in [-0.25, -0.2) is 0 Å². The summed E-state index contributed by atoms with van der Waals surface area (Å²) in [5.41, 5.74) is 4.46. The zero-order chi connectivity index (χ0) is 19.5. The minimum Gasteiger partial charge on any atom is -0.497 e. The smallest absolute Gasteiger partial charge is 0.417 e. The topological polar surface area (TPSA) is 88.2 Å². The molecule has 4 N–H and O–H groups in total. The third kappa shape index (κ3) is 3.96. The number of carbonyl (C=O) groups excluding carboxylic acids is 1. The molecule has 2 aromatic carbocycles. The van der Waals surface area contributed by atoms with Gasteiger partial charge in [0.25, 0.3) is 0 Å². The van der Waals surface area contributed by atoms with Crippen molar-refractivity contribution in [2.24, 2.45) is 5.73 Å². The van der Waals surface area contributed by atoms with Crippen LogP contribution in [0.25, 0.3) is 11.1 Å². The van der Waals surface area contributed by atoms with E-state index in [1.165, 1.54) is 31.4 Å². The molecule has 138 valence electrons. The second-order valence-electron chi connectivity index (χ2n) is 5.45. The third-order valence-corrected chi connectivity index (χ3v) is 3.75. The molecular weight excluding hydrogens is 347 g/mol. The quantitative estimate of drug-likeness (QED) is 0.552. The number of hydrogen-bond donors (Lipinski definition) is 3. The molecule has 0 heterocycles. The number of methoxy groups -OCH3 is 1. The van der Waals surface area contributed by atoms with Crippen molar-refractivity contribution in [3.63, 3.8) is 0 Å². The number of benzene rings is 2. The first-order valence-corrected chi connectivity index (χ1v) is 7.71. The molecule has 26 heavy (non-hydrogen) atoms. The van der Waals surface area contributed by atoms with Gasteiger partial charge in [0.05, 0.1) is 18.4 Å². The maximum Gasteiger partial charge on any atom is 0.417 e. The molecule has 5 nitrogen and oxygen atoms in total. The predicted molar refractivity (Wildman–Crippen MR) is 93.4 cm³/mol. The van der Waals surface area contributed by atoms with Gasteiger partial charge in [-0.2, -0.15) is 13.2 Å². The van der Waals surface area contributed by atoms with Gasteiger partial charge in [0, 0.05) is 17.5 Å². The normalized spacial score (nSPS) is 11.1. The number of amides is 1. The maximum absolute atomic E-state index is 13.6. The molecule has 0 spiro atoms. The van der Waals surface area contributed by atoms with E-state index in [1.807, 2.05) is 0 Å². The van der Waals surface area contributed by atoms with Crippen molar-refractivity contribution in [1.82, 2.24) is 0 Å². The maximum atomic E-state index is 13.6. The number of carbonyl (C=O) groups is 1. The first-order valence-electron chi connectivity index (χ1n) is 7.71. The number of nitrogens with one attached hydrogen (secondary N) is 2. The zero-order valence-corrected chi connectivity index (χ0v) is 14.2. The van der Waals surface area contributed by atoms with Crippen LogP contribution in [-0.2, 0) is 11.0 Å². The Kier molecular flexibility index (Phi) is 5.54. The molecule has 0 fully saturated rings. The van der Waals surface area contributed by atoms with Gasteiger partial charge >= 0.3 is 6.18 Å². The SMILES string of the molecule is CCC(=O)Nc1ccc(C(F)(F)F)c(-c2ccc(OC)cc2)c1C(=N)N. The molecule has 1 amide bonds. The fourth-order valence-corrected chi connectivity index (χ4v) is 2.52. The van der Waals surface area contributed by atoms with E-state index in [0.29, 0.717) is 5.75 Å². The predicted octanol–water partition coefficient (Wildman–Crippen LogP) is 4.01. The van der Waals surface area contributed by atoms with E-state index < -0.39 is 23.5 Å². The second kappa shape index (κ2) is 7.47. The van der Waals surface area contributed by atoms with Crippen molar-refractivity contribution >= 4 is 17.4 Å². The van der Waals surface area contributed by atoms with Crippen molar-refractivity contribution in [3.05, 3.63) is 47.5 Å². The van der Waals surface area contributed by atoms with Gasteiger partial charge < -0.3 is 15.8 Å². The van der Waals surface area contributed by atoms with Crippen molar-refractivity contribution in [3.8, 4) is 16.9 Å². The van der Waals surface area contributed by atoms with Gasteiger partial charge in [-0.1, -0.05) is 19.1 Å². The minimum atomic E-state index is -4.66. The van der Waals surface area contributed by atoms with Crippen molar-refractivity contribution in [2.45, 2.75) is 19.5 Å². The minimum absolute atomic E-state index is 0.0585. The van der Waals surface area contributed by atoms with Gasteiger partial charge in [0.15, 0.2) is 0 Å². The van der Waals surface area contributed by atoms with Crippen molar-refractivity contribution in [1.29, 1.82) is 5.41 Å². The number of rotatable bonds is 5. The van der Waals surface area contributed by atoms with Gasteiger partial charge in [-0.3, -0.25) is 10.2 Å². The molecule has 0 aromatic heterocycles. The highest BCUT2D eigenvalue weighted by atomic mass is 19.4.